The van der Waals surface area contributed by atoms with Crippen molar-refractivity contribution < 1.29 is 4.21 Å². The van der Waals surface area contributed by atoms with Crippen molar-refractivity contribution in [1.82, 2.24) is 0 Å². The second-order valence-corrected chi connectivity index (χ2v) is 5.08. The van der Waals surface area contributed by atoms with Gasteiger partial charge < -0.3 is 0 Å². The zero-order chi connectivity index (χ0) is 12.5. The van der Waals surface area contributed by atoms with Gasteiger partial charge in [-0.1, -0.05) is 56.7 Å². The zero-order valence-electron chi connectivity index (χ0n) is 10.3. The van der Waals surface area contributed by atoms with Crippen molar-refractivity contribution in [2.24, 2.45) is 0 Å². The first-order chi connectivity index (χ1) is 8.29. The smallest absolute Gasteiger partial charge is 0.0849 e. The molecule has 0 radical (unpaired) electrons. The van der Waals surface area contributed by atoms with Gasteiger partial charge in [0, 0.05) is 9.79 Å². The fourth-order valence-electron chi connectivity index (χ4n) is 1.22. The minimum Gasteiger partial charge on any atom is -0.249 e. The summed E-state index contributed by atoms with van der Waals surface area (Å²) in [6.07, 6.45) is 1.25. The molecule has 0 heterocycles. The van der Waals surface area contributed by atoms with Crippen LogP contribution in [-0.2, 0) is 10.8 Å². The van der Waals surface area contributed by atoms with E-state index in [0.717, 1.165) is 9.79 Å². The van der Waals surface area contributed by atoms with Crippen molar-refractivity contribution >= 4 is 10.8 Å². The summed E-state index contributed by atoms with van der Waals surface area (Å²) in [6.45, 7) is 4.25. The molecule has 0 aliphatic heterocycles. The van der Waals surface area contributed by atoms with Crippen molar-refractivity contribution in [3.05, 3.63) is 60.7 Å². The molecule has 0 fully saturated rings. The Balaban J connectivity index is 0.000000437. The number of hydrogen-bond donors (Lipinski definition) is 0. The van der Waals surface area contributed by atoms with Gasteiger partial charge in [-0.2, -0.15) is 0 Å². The normalized spacial score (nSPS) is 9.59. The van der Waals surface area contributed by atoms with Crippen LogP contribution in [0, 0.1) is 0 Å². The van der Waals surface area contributed by atoms with Gasteiger partial charge in [0.05, 0.1) is 10.8 Å². The molecule has 17 heavy (non-hydrogen) atoms. The van der Waals surface area contributed by atoms with Crippen LogP contribution in [0.1, 0.15) is 20.3 Å². The van der Waals surface area contributed by atoms with Gasteiger partial charge in [0.1, 0.15) is 0 Å². The first kappa shape index (κ1) is 13.7. The summed E-state index contributed by atoms with van der Waals surface area (Å²) in [7, 11) is -1.05. The van der Waals surface area contributed by atoms with Crippen LogP contribution < -0.4 is 0 Å². The largest absolute Gasteiger partial charge is 0.249 e. The summed E-state index contributed by atoms with van der Waals surface area (Å²) in [4.78, 5) is 1.69. The molecule has 0 atom stereocenters. The summed E-state index contributed by atoms with van der Waals surface area (Å²) in [5.74, 6) is 0. The lowest BCUT2D eigenvalue weighted by Gasteiger charge is -2.00. The Labute approximate surface area is 106 Å². The topological polar surface area (TPSA) is 17.1 Å². The van der Waals surface area contributed by atoms with Crippen molar-refractivity contribution in [3.63, 3.8) is 0 Å². The van der Waals surface area contributed by atoms with Gasteiger partial charge in [0.2, 0.25) is 0 Å². The molecule has 0 saturated heterocycles. The van der Waals surface area contributed by atoms with E-state index >= 15 is 0 Å². The Hall–Kier alpha value is -1.41. The Morgan fingerprint density at radius 1 is 0.765 bits per heavy atom. The van der Waals surface area contributed by atoms with Crippen molar-refractivity contribution in [1.29, 1.82) is 0 Å². The van der Waals surface area contributed by atoms with E-state index in [1.165, 1.54) is 6.42 Å². The third-order valence-electron chi connectivity index (χ3n) is 1.91. The van der Waals surface area contributed by atoms with Gasteiger partial charge in [-0.3, -0.25) is 0 Å². The summed E-state index contributed by atoms with van der Waals surface area (Å²) in [5, 5.41) is 0. The van der Waals surface area contributed by atoms with E-state index in [4.69, 9.17) is 0 Å². The molecular formula is C15H18OS. The maximum absolute atomic E-state index is 12.0. The average molecular weight is 246 g/mol. The standard InChI is InChI=1S/C12H10OS.C3H8/c13-14(11-7-3-1-4-8-11)12-9-5-2-6-10-12;1-3-2/h1-10H;3H2,1-2H3. The molecule has 0 aromatic heterocycles. The minimum absolute atomic E-state index is 0.846. The third-order valence-corrected chi connectivity index (χ3v) is 3.32. The van der Waals surface area contributed by atoms with E-state index in [9.17, 15) is 4.21 Å². The van der Waals surface area contributed by atoms with Crippen LogP contribution in [0.25, 0.3) is 0 Å². The summed E-state index contributed by atoms with van der Waals surface area (Å²) >= 11 is 0. The van der Waals surface area contributed by atoms with Gasteiger partial charge in [0.15, 0.2) is 0 Å². The Morgan fingerprint density at radius 2 is 1.06 bits per heavy atom. The third kappa shape index (κ3) is 4.53. The number of rotatable bonds is 2. The van der Waals surface area contributed by atoms with Crippen LogP contribution in [0.4, 0.5) is 0 Å². The van der Waals surface area contributed by atoms with Crippen molar-refractivity contribution in [3.8, 4) is 0 Å². The summed E-state index contributed by atoms with van der Waals surface area (Å²) in [6, 6.07) is 19.0. The van der Waals surface area contributed by atoms with Crippen molar-refractivity contribution in [2.45, 2.75) is 30.1 Å². The summed E-state index contributed by atoms with van der Waals surface area (Å²) in [5.41, 5.74) is 0. The number of hydrogen-bond acceptors (Lipinski definition) is 1. The molecule has 90 valence electrons. The molecule has 2 aromatic rings. The second-order valence-electron chi connectivity index (χ2n) is 3.60. The van der Waals surface area contributed by atoms with Crippen LogP contribution in [0.3, 0.4) is 0 Å². The van der Waals surface area contributed by atoms with E-state index in [1.54, 1.807) is 0 Å². The van der Waals surface area contributed by atoms with Crippen LogP contribution in [-0.4, -0.2) is 4.21 Å². The fraction of sp³-hybridized carbons (Fsp3) is 0.200. The monoisotopic (exact) mass is 246 g/mol. The van der Waals surface area contributed by atoms with Crippen LogP contribution in [0.2, 0.25) is 0 Å². The van der Waals surface area contributed by atoms with E-state index in [2.05, 4.69) is 13.8 Å². The van der Waals surface area contributed by atoms with Gasteiger partial charge >= 0.3 is 0 Å². The Bertz CT molecular complexity index is 395. The highest BCUT2D eigenvalue weighted by Gasteiger charge is 2.04. The molecule has 1 nitrogen and oxygen atoms in total. The molecule has 0 unspecified atom stereocenters. The predicted molar refractivity (Wildman–Crippen MR) is 73.5 cm³/mol. The molecule has 2 rings (SSSR count). The molecule has 0 amide bonds. The molecule has 0 N–H and O–H groups in total. The molecular weight excluding hydrogens is 228 g/mol. The lowest BCUT2D eigenvalue weighted by Crippen LogP contribution is -1.91. The van der Waals surface area contributed by atoms with Gasteiger partial charge in [-0.05, 0) is 24.3 Å². The fourth-order valence-corrected chi connectivity index (χ4v) is 2.31. The van der Waals surface area contributed by atoms with Gasteiger partial charge in [-0.15, -0.1) is 0 Å². The highest BCUT2D eigenvalue weighted by molar-refractivity contribution is 7.85. The minimum atomic E-state index is -1.05. The number of benzene rings is 2. The molecule has 2 aromatic carbocycles. The maximum Gasteiger partial charge on any atom is 0.0849 e. The lowest BCUT2D eigenvalue weighted by atomic mass is 10.4. The van der Waals surface area contributed by atoms with E-state index in [1.807, 2.05) is 60.7 Å². The van der Waals surface area contributed by atoms with Crippen molar-refractivity contribution in [2.75, 3.05) is 0 Å². The second kappa shape index (κ2) is 7.80. The van der Waals surface area contributed by atoms with E-state index in [0.29, 0.717) is 0 Å². The quantitative estimate of drug-likeness (QED) is 0.773. The molecule has 0 aliphatic rings. The molecule has 0 bridgehead atoms. The molecule has 2 heteroatoms. The Morgan fingerprint density at radius 3 is 1.35 bits per heavy atom. The molecule has 0 spiro atoms. The lowest BCUT2D eigenvalue weighted by molar-refractivity contribution is 0.683. The van der Waals surface area contributed by atoms with Gasteiger partial charge in [-0.25, -0.2) is 4.21 Å². The zero-order valence-corrected chi connectivity index (χ0v) is 11.1. The van der Waals surface area contributed by atoms with Crippen LogP contribution in [0.5, 0.6) is 0 Å². The van der Waals surface area contributed by atoms with E-state index in [-0.39, 0.29) is 0 Å². The molecule has 0 aliphatic carbocycles. The van der Waals surface area contributed by atoms with E-state index < -0.39 is 10.8 Å². The SMILES string of the molecule is CCC.O=S(c1ccccc1)c1ccccc1. The first-order valence-corrected chi connectivity index (χ1v) is 6.96. The highest BCUT2D eigenvalue weighted by Crippen LogP contribution is 2.14. The molecule has 0 saturated carbocycles. The summed E-state index contributed by atoms with van der Waals surface area (Å²) < 4.78 is 12.0. The average Bonchev–Trinajstić information content (AvgIpc) is 2.41. The van der Waals surface area contributed by atoms with Gasteiger partial charge in [0.25, 0.3) is 0 Å². The van der Waals surface area contributed by atoms with Crippen LogP contribution in [0.15, 0.2) is 70.5 Å². The Kier molecular flexibility index (Phi) is 6.26. The first-order valence-electron chi connectivity index (χ1n) is 5.81. The maximum atomic E-state index is 12.0. The van der Waals surface area contributed by atoms with Crippen LogP contribution >= 0.6 is 0 Å². The highest BCUT2D eigenvalue weighted by atomic mass is 32.2. The predicted octanol–water partition coefficient (Wildman–Crippen LogP) is 4.27.